The number of rotatable bonds is 6. The summed E-state index contributed by atoms with van der Waals surface area (Å²) >= 11 is 0. The molecule has 0 saturated carbocycles. The van der Waals surface area contributed by atoms with Gasteiger partial charge in [-0.2, -0.15) is 5.10 Å². The molecular weight excluding hydrogens is 270 g/mol. The first-order valence-electron chi connectivity index (χ1n) is 6.84. The van der Waals surface area contributed by atoms with Gasteiger partial charge in [0.25, 0.3) is 0 Å². The average molecular weight is 289 g/mol. The Morgan fingerprint density at radius 1 is 1.38 bits per heavy atom. The predicted octanol–water partition coefficient (Wildman–Crippen LogP) is 2.24. The molecule has 1 aromatic heterocycles. The van der Waals surface area contributed by atoms with Crippen LogP contribution in [0.5, 0.6) is 5.75 Å². The lowest BCUT2D eigenvalue weighted by Gasteiger charge is -2.10. The van der Waals surface area contributed by atoms with Crippen LogP contribution in [0.1, 0.15) is 29.8 Å². The number of nitrogen functional groups attached to an aromatic ring is 1. The third kappa shape index (κ3) is 3.75. The Morgan fingerprint density at radius 3 is 2.86 bits per heavy atom. The monoisotopic (exact) mass is 289 g/mol. The number of esters is 1. The van der Waals surface area contributed by atoms with Gasteiger partial charge < -0.3 is 15.2 Å². The summed E-state index contributed by atoms with van der Waals surface area (Å²) in [6.45, 7) is 5.20. The summed E-state index contributed by atoms with van der Waals surface area (Å²) in [4.78, 5) is 11.9. The first-order chi connectivity index (χ1) is 10.1. The SMILES string of the molecule is CCOC(=O)c1cc(N)ccc1OCc1cnn(CC)c1. The number of nitrogens with two attached hydrogens (primary N) is 1. The van der Waals surface area contributed by atoms with E-state index in [1.165, 1.54) is 0 Å². The zero-order chi connectivity index (χ0) is 15.2. The normalized spacial score (nSPS) is 10.4. The maximum atomic E-state index is 11.9. The zero-order valence-electron chi connectivity index (χ0n) is 12.2. The summed E-state index contributed by atoms with van der Waals surface area (Å²) < 4.78 is 12.5. The van der Waals surface area contributed by atoms with Crippen molar-refractivity contribution in [3.63, 3.8) is 0 Å². The second-order valence-corrected chi connectivity index (χ2v) is 4.47. The molecule has 0 spiro atoms. The van der Waals surface area contributed by atoms with E-state index in [-0.39, 0.29) is 0 Å². The maximum Gasteiger partial charge on any atom is 0.341 e. The Hall–Kier alpha value is -2.50. The zero-order valence-corrected chi connectivity index (χ0v) is 12.2. The third-order valence-corrected chi connectivity index (χ3v) is 2.90. The Labute approximate surface area is 123 Å². The third-order valence-electron chi connectivity index (χ3n) is 2.90. The van der Waals surface area contributed by atoms with Crippen LogP contribution < -0.4 is 10.5 Å². The number of benzene rings is 1. The minimum absolute atomic E-state index is 0.302. The second kappa shape index (κ2) is 6.78. The molecule has 0 atom stereocenters. The van der Waals surface area contributed by atoms with Crippen molar-refractivity contribution in [1.29, 1.82) is 0 Å². The predicted molar refractivity (Wildman–Crippen MR) is 79.0 cm³/mol. The fourth-order valence-electron chi connectivity index (χ4n) is 1.86. The highest BCUT2D eigenvalue weighted by atomic mass is 16.5. The van der Waals surface area contributed by atoms with E-state index >= 15 is 0 Å². The molecule has 0 aliphatic carbocycles. The van der Waals surface area contributed by atoms with Crippen molar-refractivity contribution in [2.45, 2.75) is 27.0 Å². The summed E-state index contributed by atoms with van der Waals surface area (Å²) in [6, 6.07) is 4.92. The summed E-state index contributed by atoms with van der Waals surface area (Å²) in [7, 11) is 0. The molecule has 6 heteroatoms. The van der Waals surface area contributed by atoms with Crippen LogP contribution in [-0.2, 0) is 17.9 Å². The molecule has 1 aromatic carbocycles. The number of hydrogen-bond acceptors (Lipinski definition) is 5. The number of nitrogens with zero attached hydrogens (tertiary/aromatic N) is 2. The molecule has 0 saturated heterocycles. The molecule has 112 valence electrons. The van der Waals surface area contributed by atoms with Gasteiger partial charge in [0.2, 0.25) is 0 Å². The van der Waals surface area contributed by atoms with E-state index in [0.29, 0.717) is 30.2 Å². The molecule has 0 radical (unpaired) electrons. The Morgan fingerprint density at radius 2 is 2.19 bits per heavy atom. The van der Waals surface area contributed by atoms with E-state index in [0.717, 1.165) is 12.1 Å². The smallest absolute Gasteiger partial charge is 0.341 e. The Balaban J connectivity index is 2.13. The summed E-state index contributed by atoms with van der Waals surface area (Å²) in [5.74, 6) is 0.0101. The lowest BCUT2D eigenvalue weighted by molar-refractivity contribution is 0.0521. The Bertz CT molecular complexity index is 622. The van der Waals surface area contributed by atoms with Crippen molar-refractivity contribution in [2.75, 3.05) is 12.3 Å². The van der Waals surface area contributed by atoms with Gasteiger partial charge >= 0.3 is 5.97 Å². The molecule has 0 fully saturated rings. The molecule has 0 aliphatic rings. The Kier molecular flexibility index (Phi) is 4.81. The van der Waals surface area contributed by atoms with Gasteiger partial charge in [0, 0.05) is 24.0 Å². The number of carbonyl (C=O) groups is 1. The van der Waals surface area contributed by atoms with Crippen molar-refractivity contribution in [3.8, 4) is 5.75 Å². The van der Waals surface area contributed by atoms with Crippen LogP contribution in [0.15, 0.2) is 30.6 Å². The largest absolute Gasteiger partial charge is 0.488 e. The minimum Gasteiger partial charge on any atom is -0.488 e. The van der Waals surface area contributed by atoms with Gasteiger partial charge in [0.05, 0.1) is 12.8 Å². The van der Waals surface area contributed by atoms with Crippen molar-refractivity contribution in [2.24, 2.45) is 0 Å². The van der Waals surface area contributed by atoms with Crippen LogP contribution in [0, 0.1) is 0 Å². The molecule has 1 heterocycles. The van der Waals surface area contributed by atoms with E-state index < -0.39 is 5.97 Å². The number of aromatic nitrogens is 2. The van der Waals surface area contributed by atoms with E-state index in [2.05, 4.69) is 5.10 Å². The lowest BCUT2D eigenvalue weighted by atomic mass is 10.2. The van der Waals surface area contributed by atoms with Gasteiger partial charge in [0.1, 0.15) is 17.9 Å². The van der Waals surface area contributed by atoms with Gasteiger partial charge in [-0.3, -0.25) is 4.68 Å². The van der Waals surface area contributed by atoms with Crippen LogP contribution in [0.4, 0.5) is 5.69 Å². The van der Waals surface area contributed by atoms with Gasteiger partial charge in [-0.1, -0.05) is 0 Å². The number of carbonyl (C=O) groups excluding carboxylic acids is 1. The van der Waals surface area contributed by atoms with E-state index in [1.54, 1.807) is 31.3 Å². The molecular formula is C15H19N3O3. The van der Waals surface area contributed by atoms with Crippen molar-refractivity contribution < 1.29 is 14.3 Å². The number of anilines is 1. The van der Waals surface area contributed by atoms with E-state index in [9.17, 15) is 4.79 Å². The molecule has 2 rings (SSSR count). The average Bonchev–Trinajstić information content (AvgIpc) is 2.94. The standard InChI is InChI=1S/C15H19N3O3/c1-3-18-9-11(8-17-18)10-21-14-6-5-12(16)7-13(14)15(19)20-4-2/h5-9H,3-4,10,16H2,1-2H3. The maximum absolute atomic E-state index is 11.9. The molecule has 21 heavy (non-hydrogen) atoms. The highest BCUT2D eigenvalue weighted by molar-refractivity contribution is 5.93. The van der Waals surface area contributed by atoms with Crippen LogP contribution in [0.3, 0.4) is 0 Å². The first kappa shape index (κ1) is 14.9. The highest BCUT2D eigenvalue weighted by Crippen LogP contribution is 2.23. The summed E-state index contributed by atoms with van der Waals surface area (Å²) in [5.41, 5.74) is 7.47. The van der Waals surface area contributed by atoms with Crippen LogP contribution >= 0.6 is 0 Å². The first-order valence-corrected chi connectivity index (χ1v) is 6.84. The fraction of sp³-hybridized carbons (Fsp3) is 0.333. The molecule has 0 bridgehead atoms. The number of aryl methyl sites for hydroxylation is 1. The summed E-state index contributed by atoms with van der Waals surface area (Å²) in [6.07, 6.45) is 3.65. The topological polar surface area (TPSA) is 79.4 Å². The molecule has 0 aliphatic heterocycles. The van der Waals surface area contributed by atoms with Gasteiger partial charge in [0.15, 0.2) is 0 Å². The van der Waals surface area contributed by atoms with Crippen molar-refractivity contribution in [1.82, 2.24) is 9.78 Å². The van der Waals surface area contributed by atoms with Crippen LogP contribution in [-0.4, -0.2) is 22.4 Å². The molecule has 0 unspecified atom stereocenters. The minimum atomic E-state index is -0.441. The van der Waals surface area contributed by atoms with Crippen LogP contribution in [0.25, 0.3) is 0 Å². The number of hydrogen-bond donors (Lipinski definition) is 1. The van der Waals surface area contributed by atoms with E-state index in [1.807, 2.05) is 17.8 Å². The molecule has 2 N–H and O–H groups in total. The molecule has 6 nitrogen and oxygen atoms in total. The van der Waals surface area contributed by atoms with Gasteiger partial charge in [-0.05, 0) is 32.0 Å². The summed E-state index contributed by atoms with van der Waals surface area (Å²) in [5, 5.41) is 4.17. The quantitative estimate of drug-likeness (QED) is 0.651. The fourth-order valence-corrected chi connectivity index (χ4v) is 1.86. The molecule has 2 aromatic rings. The van der Waals surface area contributed by atoms with Gasteiger partial charge in [-0.15, -0.1) is 0 Å². The van der Waals surface area contributed by atoms with E-state index in [4.69, 9.17) is 15.2 Å². The second-order valence-electron chi connectivity index (χ2n) is 4.47. The highest BCUT2D eigenvalue weighted by Gasteiger charge is 2.14. The van der Waals surface area contributed by atoms with Crippen molar-refractivity contribution in [3.05, 3.63) is 41.7 Å². The van der Waals surface area contributed by atoms with Crippen molar-refractivity contribution >= 4 is 11.7 Å². The van der Waals surface area contributed by atoms with Crippen LogP contribution in [0.2, 0.25) is 0 Å². The number of ether oxygens (including phenoxy) is 2. The van der Waals surface area contributed by atoms with Gasteiger partial charge in [-0.25, -0.2) is 4.79 Å². The lowest BCUT2D eigenvalue weighted by Crippen LogP contribution is -2.08. The molecule has 0 amide bonds.